The minimum absolute atomic E-state index is 0.238. The first-order valence-electron chi connectivity index (χ1n) is 21.7. The molecule has 3 aliphatic rings. The van der Waals surface area contributed by atoms with E-state index in [0.29, 0.717) is 50.7 Å². The number of aliphatic hydroxyl groups excluding tert-OH is 1. The van der Waals surface area contributed by atoms with Gasteiger partial charge in [0.25, 0.3) is 0 Å². The third kappa shape index (κ3) is 11.2. The summed E-state index contributed by atoms with van der Waals surface area (Å²) in [7, 11) is 2.00. The molecule has 4 rings (SSSR count). The number of ether oxygens (including phenoxy) is 3. The Hall–Kier alpha value is -3.02. The van der Waals surface area contributed by atoms with Crippen molar-refractivity contribution < 1.29 is 38.8 Å². The molecule has 3 fully saturated rings. The standard InChI is InChI=1S/C48H74N2O8/c1-14-39-48(12,55)37-24-23-36(22-18-21-35-19-16-15-17-20-35)25-26-47(11,28-29(2)40(31(37)4)49-34(7)51)43(32(5)41(52)33(6)44(54)57-39)58-45-42(53)38(27-30(3)56-45)50(13)46(8,9)10/h15-22,29-33,37-39,42-43,45,53,55H,14,23-28H2,1-13H3/b21-18+,36-22+,49-40?/t29-,30-,31-,32+,33-,37-,38+,39-,42-,43-,45+,47-,48+/m1/s1. The van der Waals surface area contributed by atoms with Crippen LogP contribution in [0, 0.1) is 35.0 Å². The van der Waals surface area contributed by atoms with Crippen LogP contribution in [0.15, 0.2) is 53.0 Å². The van der Waals surface area contributed by atoms with Crippen molar-refractivity contribution in [3.05, 3.63) is 53.6 Å². The molecule has 2 heterocycles. The summed E-state index contributed by atoms with van der Waals surface area (Å²) in [5.41, 5.74) is 0.379. The maximum absolute atomic E-state index is 14.7. The number of aliphatic imine (C=N–C) groups is 1. The molecule has 1 aromatic carbocycles. The molecule has 0 spiro atoms. The van der Waals surface area contributed by atoms with Crippen molar-refractivity contribution in [2.24, 2.45) is 40.0 Å². The molecule has 58 heavy (non-hydrogen) atoms. The fraction of sp³-hybridized carbons (Fsp3) is 0.708. The number of Topliss-reactive ketones (excluding diaryl/α,β-unsaturated/α-hetero) is 1. The zero-order valence-corrected chi connectivity index (χ0v) is 37.7. The van der Waals surface area contributed by atoms with Crippen LogP contribution in [0.4, 0.5) is 0 Å². The van der Waals surface area contributed by atoms with Crippen LogP contribution < -0.4 is 0 Å². The first-order valence-corrected chi connectivity index (χ1v) is 21.7. The molecule has 10 heteroatoms. The molecule has 0 unspecified atom stereocenters. The van der Waals surface area contributed by atoms with E-state index in [1.54, 1.807) is 20.8 Å². The van der Waals surface area contributed by atoms with E-state index >= 15 is 0 Å². The summed E-state index contributed by atoms with van der Waals surface area (Å²) >= 11 is 0. The molecule has 324 valence electrons. The Labute approximate surface area is 348 Å². The van der Waals surface area contributed by atoms with E-state index in [1.165, 1.54) is 6.92 Å². The normalized spacial score (nSPS) is 39.0. The van der Waals surface area contributed by atoms with Crippen LogP contribution in [0.3, 0.4) is 0 Å². The van der Waals surface area contributed by atoms with Gasteiger partial charge in [0, 0.05) is 36.1 Å². The van der Waals surface area contributed by atoms with Gasteiger partial charge in [-0.15, -0.1) is 0 Å². The minimum atomic E-state index is -1.52. The summed E-state index contributed by atoms with van der Waals surface area (Å²) in [6, 6.07) is 9.83. The van der Waals surface area contributed by atoms with Crippen molar-refractivity contribution >= 4 is 29.4 Å². The number of cyclic esters (lactones) is 1. The second-order valence-electron chi connectivity index (χ2n) is 19.3. The number of likely N-dealkylation sites (N-methyl/N-ethyl adjacent to an activating group) is 1. The van der Waals surface area contributed by atoms with Crippen LogP contribution in [-0.4, -0.2) is 93.4 Å². The number of hydrogen-bond acceptors (Lipinski definition) is 9. The Balaban J connectivity index is 1.97. The van der Waals surface area contributed by atoms with E-state index in [4.69, 9.17) is 14.2 Å². The van der Waals surface area contributed by atoms with E-state index in [9.17, 15) is 24.6 Å². The van der Waals surface area contributed by atoms with Crippen molar-refractivity contribution in [1.82, 2.24) is 4.90 Å². The molecule has 2 N–H and O–H groups in total. The molecule has 0 radical (unpaired) electrons. The van der Waals surface area contributed by atoms with Crippen molar-refractivity contribution in [3.8, 4) is 0 Å². The van der Waals surface area contributed by atoms with E-state index in [2.05, 4.69) is 74.9 Å². The summed E-state index contributed by atoms with van der Waals surface area (Å²) in [4.78, 5) is 48.4. The Morgan fingerprint density at radius 3 is 2.31 bits per heavy atom. The second-order valence-corrected chi connectivity index (χ2v) is 19.3. The highest BCUT2D eigenvalue weighted by Crippen LogP contribution is 2.47. The molecule has 0 aromatic heterocycles. The summed E-state index contributed by atoms with van der Waals surface area (Å²) in [5.74, 6) is -4.44. The van der Waals surface area contributed by atoms with Crippen LogP contribution in [0.2, 0.25) is 0 Å². The highest BCUT2D eigenvalue weighted by Gasteiger charge is 2.52. The predicted molar refractivity (Wildman–Crippen MR) is 230 cm³/mol. The lowest BCUT2D eigenvalue weighted by molar-refractivity contribution is -0.290. The average Bonchev–Trinajstić information content (AvgIpc) is 3.17. The lowest BCUT2D eigenvalue weighted by atomic mass is 9.65. The third-order valence-corrected chi connectivity index (χ3v) is 13.7. The molecule has 1 saturated carbocycles. The number of amides is 1. The molecule has 2 saturated heterocycles. The van der Waals surface area contributed by atoms with E-state index < -0.39 is 59.3 Å². The molecule has 2 bridgehead atoms. The Kier molecular flexibility index (Phi) is 16.1. The molecule has 13 atom stereocenters. The van der Waals surface area contributed by atoms with Crippen LogP contribution in [0.5, 0.6) is 0 Å². The number of carbonyl (C=O) groups is 3. The van der Waals surface area contributed by atoms with Crippen LogP contribution in [-0.2, 0) is 28.6 Å². The lowest BCUT2D eigenvalue weighted by Gasteiger charge is -2.50. The highest BCUT2D eigenvalue weighted by atomic mass is 16.7. The van der Waals surface area contributed by atoms with Gasteiger partial charge in [0.2, 0.25) is 5.91 Å². The van der Waals surface area contributed by atoms with E-state index in [-0.39, 0.29) is 41.2 Å². The van der Waals surface area contributed by atoms with Crippen LogP contribution in [0.25, 0.3) is 6.08 Å². The number of esters is 1. The second kappa shape index (κ2) is 19.6. The number of aliphatic hydroxyl groups is 2. The SMILES string of the molecule is CC[C@H]1OC(=O)[C@H](C)C(=O)[C@H](C)[C@@H](O[C@@H]2O[C@H](C)C[C@H](N(C)C(C)(C)C)[C@H]2O)[C@]2(C)CC/C(=C/C=C/c3ccccc3)CC[C@H]([C@@H](C)C(=NC(C)=O)[C@H](C)C2)[C@]1(C)O. The fourth-order valence-corrected chi connectivity index (χ4v) is 10.0. The highest BCUT2D eigenvalue weighted by molar-refractivity contribution is 6.00. The number of allylic oxidation sites excluding steroid dienone is 3. The molecular weight excluding hydrogens is 733 g/mol. The summed E-state index contributed by atoms with van der Waals surface area (Å²) in [5, 5.41) is 24.6. The zero-order valence-electron chi connectivity index (χ0n) is 37.7. The molecule has 1 aromatic rings. The number of benzene rings is 1. The number of carbonyl (C=O) groups excluding carboxylic acids is 3. The van der Waals surface area contributed by atoms with Crippen molar-refractivity contribution in [1.29, 1.82) is 0 Å². The molecule has 1 amide bonds. The van der Waals surface area contributed by atoms with Gasteiger partial charge in [-0.25, -0.2) is 4.99 Å². The maximum atomic E-state index is 14.7. The van der Waals surface area contributed by atoms with E-state index in [1.807, 2.05) is 46.0 Å². The molecule has 10 nitrogen and oxygen atoms in total. The van der Waals surface area contributed by atoms with Crippen LogP contribution in [0.1, 0.15) is 134 Å². The van der Waals surface area contributed by atoms with Gasteiger partial charge in [-0.3, -0.25) is 19.3 Å². The van der Waals surface area contributed by atoms with Gasteiger partial charge in [0.1, 0.15) is 23.7 Å². The largest absolute Gasteiger partial charge is 0.459 e. The van der Waals surface area contributed by atoms with Gasteiger partial charge in [-0.1, -0.05) is 88.8 Å². The van der Waals surface area contributed by atoms with E-state index in [0.717, 1.165) is 11.1 Å². The van der Waals surface area contributed by atoms with Gasteiger partial charge < -0.3 is 24.4 Å². The lowest BCUT2D eigenvalue weighted by Crippen LogP contribution is -2.61. The Morgan fingerprint density at radius 2 is 1.71 bits per heavy atom. The number of ketones is 1. The summed E-state index contributed by atoms with van der Waals surface area (Å²) < 4.78 is 19.6. The smallest absolute Gasteiger partial charge is 0.316 e. The number of nitrogens with zero attached hydrogens (tertiary/aromatic N) is 2. The van der Waals surface area contributed by atoms with Gasteiger partial charge in [-0.2, -0.15) is 0 Å². The Morgan fingerprint density at radius 1 is 1.05 bits per heavy atom. The summed E-state index contributed by atoms with van der Waals surface area (Å²) in [6.45, 7) is 22.9. The predicted octanol–water partition coefficient (Wildman–Crippen LogP) is 8.38. The summed E-state index contributed by atoms with van der Waals surface area (Å²) in [6.07, 6.45) is 6.06. The van der Waals surface area contributed by atoms with Crippen molar-refractivity contribution in [2.45, 2.75) is 176 Å². The topological polar surface area (TPSA) is 135 Å². The van der Waals surface area contributed by atoms with Gasteiger partial charge in [0.05, 0.1) is 12.2 Å². The number of hydrogen-bond donors (Lipinski definition) is 2. The molecule has 2 aliphatic heterocycles. The molecule has 1 aliphatic carbocycles. The van der Waals surface area contributed by atoms with Crippen molar-refractivity contribution in [2.75, 3.05) is 7.05 Å². The maximum Gasteiger partial charge on any atom is 0.316 e. The average molecular weight is 807 g/mol. The first kappa shape index (κ1) is 47.7. The number of rotatable bonds is 6. The first-order chi connectivity index (χ1) is 27.0. The Bertz CT molecular complexity index is 1660. The zero-order chi connectivity index (χ0) is 43.3. The van der Waals surface area contributed by atoms with Crippen molar-refractivity contribution in [3.63, 3.8) is 0 Å². The van der Waals surface area contributed by atoms with Gasteiger partial charge in [-0.05, 0) is 116 Å². The van der Waals surface area contributed by atoms with Gasteiger partial charge in [0.15, 0.2) is 12.1 Å². The number of fused-ring (bicyclic) bond motifs is 5. The minimum Gasteiger partial charge on any atom is -0.459 e. The monoisotopic (exact) mass is 807 g/mol. The van der Waals surface area contributed by atoms with Crippen LogP contribution >= 0.6 is 0 Å². The quantitative estimate of drug-likeness (QED) is 0.215. The molecular formula is C48H74N2O8. The third-order valence-electron chi connectivity index (χ3n) is 13.7. The fourth-order valence-electron chi connectivity index (χ4n) is 10.0. The van der Waals surface area contributed by atoms with Gasteiger partial charge >= 0.3 is 5.97 Å².